The van der Waals surface area contributed by atoms with Gasteiger partial charge in [-0.15, -0.1) is 0 Å². The van der Waals surface area contributed by atoms with Crippen LogP contribution in [0.15, 0.2) is 28.8 Å². The average Bonchev–Trinajstić information content (AvgIpc) is 2.87. The van der Waals surface area contributed by atoms with Crippen LogP contribution in [0.4, 0.5) is 11.5 Å². The molecule has 9 heteroatoms. The van der Waals surface area contributed by atoms with Crippen molar-refractivity contribution in [2.75, 3.05) is 30.8 Å². The predicted octanol–water partition coefficient (Wildman–Crippen LogP) is 2.80. The molecule has 7 nitrogen and oxygen atoms in total. The SMILES string of the molecule is Cc1cc(NC(=O)CN(C)CC(=O)Nc2c(Cl)cccc2Cl)no1. The van der Waals surface area contributed by atoms with Crippen LogP contribution in [0.1, 0.15) is 5.76 Å². The fourth-order valence-corrected chi connectivity index (χ4v) is 2.44. The van der Waals surface area contributed by atoms with E-state index in [1.165, 1.54) is 0 Å². The molecule has 0 aliphatic carbocycles. The van der Waals surface area contributed by atoms with Gasteiger partial charge < -0.3 is 15.2 Å². The Morgan fingerprint density at radius 3 is 2.29 bits per heavy atom. The van der Waals surface area contributed by atoms with Crippen molar-refractivity contribution in [1.29, 1.82) is 0 Å². The topological polar surface area (TPSA) is 87.5 Å². The van der Waals surface area contributed by atoms with Crippen LogP contribution in [0.5, 0.6) is 0 Å². The number of rotatable bonds is 6. The Kier molecular flexibility index (Phi) is 6.19. The first-order chi connectivity index (χ1) is 11.3. The van der Waals surface area contributed by atoms with Gasteiger partial charge in [-0.1, -0.05) is 34.4 Å². The highest BCUT2D eigenvalue weighted by Gasteiger charge is 2.14. The number of aryl methyl sites for hydroxylation is 1. The molecule has 0 saturated carbocycles. The van der Waals surface area contributed by atoms with Crippen LogP contribution in [0.3, 0.4) is 0 Å². The van der Waals surface area contributed by atoms with Gasteiger partial charge in [0.1, 0.15) is 5.76 Å². The van der Waals surface area contributed by atoms with Crippen molar-refractivity contribution >= 4 is 46.5 Å². The van der Waals surface area contributed by atoms with Crippen molar-refractivity contribution in [3.05, 3.63) is 40.1 Å². The van der Waals surface area contributed by atoms with Crippen molar-refractivity contribution in [3.8, 4) is 0 Å². The molecule has 0 aliphatic rings. The summed E-state index contributed by atoms with van der Waals surface area (Å²) in [5.74, 6) is 0.278. The first-order valence-corrected chi connectivity index (χ1v) is 7.76. The molecule has 2 N–H and O–H groups in total. The first-order valence-electron chi connectivity index (χ1n) is 7.00. The number of aromatic nitrogens is 1. The second-order valence-corrected chi connectivity index (χ2v) is 6.00. The monoisotopic (exact) mass is 370 g/mol. The molecule has 2 rings (SSSR count). The van der Waals surface area contributed by atoms with Gasteiger partial charge in [0.25, 0.3) is 0 Å². The van der Waals surface area contributed by atoms with Crippen molar-refractivity contribution < 1.29 is 14.1 Å². The van der Waals surface area contributed by atoms with Gasteiger partial charge in [0.05, 0.1) is 28.8 Å². The molecule has 2 amide bonds. The van der Waals surface area contributed by atoms with Gasteiger partial charge in [0.15, 0.2) is 5.82 Å². The number of benzene rings is 1. The minimum atomic E-state index is -0.336. The Hall–Kier alpha value is -2.09. The molecule has 1 aromatic heterocycles. The minimum absolute atomic E-state index is 0.00713. The van der Waals surface area contributed by atoms with Gasteiger partial charge in [0, 0.05) is 6.07 Å². The van der Waals surface area contributed by atoms with Crippen LogP contribution in [-0.4, -0.2) is 42.0 Å². The smallest absolute Gasteiger partial charge is 0.239 e. The number of halogens is 2. The summed E-state index contributed by atoms with van der Waals surface area (Å²) >= 11 is 12.0. The Morgan fingerprint density at radius 2 is 1.75 bits per heavy atom. The molecule has 0 unspecified atom stereocenters. The van der Waals surface area contributed by atoms with Gasteiger partial charge in [-0.25, -0.2) is 0 Å². The molecule has 128 valence electrons. The van der Waals surface area contributed by atoms with E-state index in [2.05, 4.69) is 15.8 Å². The number of carbonyl (C=O) groups excluding carboxylic acids is 2. The van der Waals surface area contributed by atoms with Crippen molar-refractivity contribution in [3.63, 3.8) is 0 Å². The zero-order valence-electron chi connectivity index (χ0n) is 13.1. The molecule has 24 heavy (non-hydrogen) atoms. The minimum Gasteiger partial charge on any atom is -0.360 e. The summed E-state index contributed by atoms with van der Waals surface area (Å²) < 4.78 is 4.86. The standard InChI is InChI=1S/C15H16Cl2N4O3/c1-9-6-12(20-24-9)18-13(22)7-21(2)8-14(23)19-15-10(16)4-3-5-11(15)17/h3-6H,7-8H2,1-2H3,(H,19,23)(H,18,20,22). The molecule has 0 atom stereocenters. The molecule has 2 aromatic rings. The predicted molar refractivity (Wildman–Crippen MR) is 92.5 cm³/mol. The highest BCUT2D eigenvalue weighted by Crippen LogP contribution is 2.29. The summed E-state index contributed by atoms with van der Waals surface area (Å²) in [6.07, 6.45) is 0. The van der Waals surface area contributed by atoms with Gasteiger partial charge in [-0.3, -0.25) is 14.5 Å². The third-order valence-electron chi connectivity index (χ3n) is 2.95. The van der Waals surface area contributed by atoms with Crippen LogP contribution >= 0.6 is 23.2 Å². The lowest BCUT2D eigenvalue weighted by Crippen LogP contribution is -2.36. The summed E-state index contributed by atoms with van der Waals surface area (Å²) in [5, 5.41) is 9.56. The summed E-state index contributed by atoms with van der Waals surface area (Å²) in [6.45, 7) is 1.72. The molecular formula is C15H16Cl2N4O3. The second-order valence-electron chi connectivity index (χ2n) is 5.19. The Bertz CT molecular complexity index is 728. The first kappa shape index (κ1) is 18.3. The van der Waals surface area contributed by atoms with Crippen LogP contribution in [0.25, 0.3) is 0 Å². The number of amides is 2. The summed E-state index contributed by atoms with van der Waals surface area (Å²) in [4.78, 5) is 25.5. The zero-order chi connectivity index (χ0) is 17.7. The molecule has 0 fully saturated rings. The van der Waals surface area contributed by atoms with E-state index >= 15 is 0 Å². The van der Waals surface area contributed by atoms with E-state index < -0.39 is 0 Å². The van der Waals surface area contributed by atoms with Crippen molar-refractivity contribution in [2.24, 2.45) is 0 Å². The van der Waals surface area contributed by atoms with Gasteiger partial charge in [0.2, 0.25) is 11.8 Å². The molecule has 0 aliphatic heterocycles. The number of hydrogen-bond donors (Lipinski definition) is 2. The van der Waals surface area contributed by atoms with Gasteiger partial charge in [-0.05, 0) is 26.1 Å². The maximum absolute atomic E-state index is 12.0. The van der Waals surface area contributed by atoms with Gasteiger partial charge >= 0.3 is 0 Å². The fourth-order valence-electron chi connectivity index (χ4n) is 1.95. The Morgan fingerprint density at radius 1 is 1.17 bits per heavy atom. The highest BCUT2D eigenvalue weighted by atomic mass is 35.5. The number of likely N-dealkylation sites (N-methyl/N-ethyl adjacent to an activating group) is 1. The molecule has 1 heterocycles. The second kappa shape index (κ2) is 8.14. The number of nitrogens with zero attached hydrogens (tertiary/aromatic N) is 2. The number of anilines is 2. The molecule has 0 saturated heterocycles. The maximum Gasteiger partial charge on any atom is 0.239 e. The van der Waals surface area contributed by atoms with Crippen LogP contribution in [0.2, 0.25) is 10.0 Å². The number of hydrogen-bond acceptors (Lipinski definition) is 5. The van der Waals surface area contributed by atoms with E-state index in [0.717, 1.165) is 0 Å². The third kappa shape index (κ3) is 5.23. The van der Waals surface area contributed by atoms with Gasteiger partial charge in [-0.2, -0.15) is 0 Å². The summed E-state index contributed by atoms with van der Waals surface area (Å²) in [6, 6.07) is 6.53. The maximum atomic E-state index is 12.0. The van der Waals surface area contributed by atoms with E-state index in [-0.39, 0.29) is 24.9 Å². The largest absolute Gasteiger partial charge is 0.360 e. The lowest BCUT2D eigenvalue weighted by molar-refractivity contribution is -0.119. The highest BCUT2D eigenvalue weighted by molar-refractivity contribution is 6.39. The molecular weight excluding hydrogens is 355 g/mol. The van der Waals surface area contributed by atoms with Crippen molar-refractivity contribution in [2.45, 2.75) is 6.92 Å². The zero-order valence-corrected chi connectivity index (χ0v) is 14.6. The van der Waals surface area contributed by atoms with E-state index in [0.29, 0.717) is 27.3 Å². The van der Waals surface area contributed by atoms with E-state index in [4.69, 9.17) is 27.7 Å². The third-order valence-corrected chi connectivity index (χ3v) is 3.58. The Labute approximate surface area is 148 Å². The van der Waals surface area contributed by atoms with Crippen LogP contribution in [0, 0.1) is 6.92 Å². The summed E-state index contributed by atoms with van der Waals surface area (Å²) in [5.41, 5.74) is 0.349. The lowest BCUT2D eigenvalue weighted by atomic mass is 10.3. The quantitative estimate of drug-likeness (QED) is 0.816. The molecule has 0 spiro atoms. The summed E-state index contributed by atoms with van der Waals surface area (Å²) in [7, 11) is 1.64. The fraction of sp³-hybridized carbons (Fsp3) is 0.267. The van der Waals surface area contributed by atoms with E-state index in [9.17, 15) is 9.59 Å². The molecule has 0 radical (unpaired) electrons. The number of nitrogens with one attached hydrogen (secondary N) is 2. The molecule has 0 bridgehead atoms. The van der Waals surface area contributed by atoms with Crippen molar-refractivity contribution in [1.82, 2.24) is 10.1 Å². The van der Waals surface area contributed by atoms with E-state index in [1.807, 2.05) is 0 Å². The lowest BCUT2D eigenvalue weighted by Gasteiger charge is -2.16. The van der Waals surface area contributed by atoms with E-state index in [1.54, 1.807) is 43.1 Å². The number of para-hydroxylation sites is 1. The normalized spacial score (nSPS) is 10.7. The number of carbonyl (C=O) groups is 2. The average molecular weight is 371 g/mol. The van der Waals surface area contributed by atoms with Crippen LogP contribution < -0.4 is 10.6 Å². The Balaban J connectivity index is 1.84. The van der Waals surface area contributed by atoms with Crippen LogP contribution in [-0.2, 0) is 9.59 Å². The molecule has 1 aromatic carbocycles.